The minimum Gasteiger partial charge on any atom is -0.384 e. The molecule has 0 saturated carbocycles. The number of nitrogens with one attached hydrogen (secondary N) is 2. The van der Waals surface area contributed by atoms with Crippen LogP contribution in [-0.4, -0.2) is 51.2 Å². The second-order valence-electron chi connectivity index (χ2n) is 9.92. The summed E-state index contributed by atoms with van der Waals surface area (Å²) in [5.41, 5.74) is 10.5. The number of benzene rings is 3. The molecule has 1 fully saturated rings. The third-order valence-corrected chi connectivity index (χ3v) is 8.05. The molecular weight excluding hydrogens is 556 g/mol. The van der Waals surface area contributed by atoms with Crippen LogP contribution in [0.2, 0.25) is 0 Å². The van der Waals surface area contributed by atoms with Gasteiger partial charge in [0.2, 0.25) is 0 Å². The molecule has 9 heteroatoms. The predicted molar refractivity (Wildman–Crippen MR) is 156 cm³/mol. The number of piperidine rings is 1. The van der Waals surface area contributed by atoms with E-state index < -0.39 is 0 Å². The fourth-order valence-corrected chi connectivity index (χ4v) is 5.50. The Bertz CT molecular complexity index is 1540. The first kappa shape index (κ1) is 26.6. The van der Waals surface area contributed by atoms with Gasteiger partial charge in [0.25, 0.3) is 11.8 Å². The maximum atomic E-state index is 13.3. The Hall–Kier alpha value is -3.98. The summed E-state index contributed by atoms with van der Waals surface area (Å²) in [5, 5.41) is 10.6. The maximum absolute atomic E-state index is 13.3. The number of carbonyl (C=O) groups excluding carboxylic acids is 2. The van der Waals surface area contributed by atoms with Crippen LogP contribution in [-0.2, 0) is 19.9 Å². The summed E-state index contributed by atoms with van der Waals surface area (Å²) < 4.78 is 2.85. The number of amides is 2. The van der Waals surface area contributed by atoms with Gasteiger partial charge in [-0.25, -0.2) is 4.98 Å². The molecule has 8 nitrogen and oxygen atoms in total. The molecule has 200 valence electrons. The van der Waals surface area contributed by atoms with Gasteiger partial charge in [-0.05, 0) is 71.1 Å². The number of likely N-dealkylation sites (tertiary alicyclic amines) is 1. The van der Waals surface area contributed by atoms with Gasteiger partial charge in [0.1, 0.15) is 11.7 Å². The Balaban J connectivity index is 1.20. The van der Waals surface area contributed by atoms with Gasteiger partial charge in [0.15, 0.2) is 0 Å². The van der Waals surface area contributed by atoms with Crippen molar-refractivity contribution in [3.8, 4) is 0 Å². The van der Waals surface area contributed by atoms with Crippen LogP contribution in [0.5, 0.6) is 0 Å². The van der Waals surface area contributed by atoms with Crippen molar-refractivity contribution in [2.75, 3.05) is 13.1 Å². The predicted octanol–water partition coefficient (Wildman–Crippen LogP) is 4.44. The molecule has 1 aromatic heterocycles. The minimum absolute atomic E-state index is 0.00903. The van der Waals surface area contributed by atoms with Crippen LogP contribution >= 0.6 is 15.9 Å². The molecule has 1 aliphatic heterocycles. The number of rotatable bonds is 7. The maximum Gasteiger partial charge on any atom is 0.253 e. The number of aromatic nitrogens is 2. The highest BCUT2D eigenvalue weighted by atomic mass is 79.9. The van der Waals surface area contributed by atoms with E-state index in [-0.39, 0.29) is 23.7 Å². The van der Waals surface area contributed by atoms with Crippen molar-refractivity contribution in [1.82, 2.24) is 19.8 Å². The summed E-state index contributed by atoms with van der Waals surface area (Å²) in [5.74, 6) is 0.906. The van der Waals surface area contributed by atoms with Gasteiger partial charge in [0.05, 0.1) is 16.6 Å². The van der Waals surface area contributed by atoms with E-state index >= 15 is 0 Å². The smallest absolute Gasteiger partial charge is 0.253 e. The van der Waals surface area contributed by atoms with E-state index in [1.807, 2.05) is 72.6 Å². The number of amidine groups is 1. The molecule has 0 spiro atoms. The van der Waals surface area contributed by atoms with Crippen LogP contribution in [0.15, 0.2) is 71.2 Å². The number of imidazole rings is 1. The molecule has 39 heavy (non-hydrogen) atoms. The molecule has 0 bridgehead atoms. The SMILES string of the molecule is Cn1c(CCc2ccc(C(=N)N)cc2)nc2cc(C(=O)N3CCC(NC(=O)c4ccccc4Br)CC3)ccc21. The topological polar surface area (TPSA) is 117 Å². The lowest BCUT2D eigenvalue weighted by Crippen LogP contribution is -2.46. The summed E-state index contributed by atoms with van der Waals surface area (Å²) in [6, 6.07) is 20.8. The normalized spacial score (nSPS) is 13.9. The molecule has 4 aromatic rings. The lowest BCUT2D eigenvalue weighted by atomic mass is 10.0. The molecule has 4 N–H and O–H groups in total. The van der Waals surface area contributed by atoms with Crippen LogP contribution in [0, 0.1) is 5.41 Å². The number of aryl methyl sites for hydroxylation is 3. The molecule has 1 aliphatic rings. The molecule has 0 aliphatic carbocycles. The first-order valence-electron chi connectivity index (χ1n) is 13.0. The average molecular weight is 588 g/mol. The number of nitrogens with zero attached hydrogens (tertiary/aromatic N) is 3. The Morgan fingerprint density at radius 1 is 1.03 bits per heavy atom. The number of halogens is 1. The van der Waals surface area contributed by atoms with Crippen molar-refractivity contribution in [2.45, 2.75) is 31.7 Å². The highest BCUT2D eigenvalue weighted by Crippen LogP contribution is 2.22. The van der Waals surface area contributed by atoms with Gasteiger partial charge in [-0.3, -0.25) is 15.0 Å². The third-order valence-electron chi connectivity index (χ3n) is 7.36. The fourth-order valence-electron chi connectivity index (χ4n) is 5.03. The Labute approximate surface area is 235 Å². The first-order chi connectivity index (χ1) is 18.8. The Kier molecular flexibility index (Phi) is 7.79. The summed E-state index contributed by atoms with van der Waals surface area (Å²) in [7, 11) is 2.00. The van der Waals surface area contributed by atoms with Gasteiger partial charge in [0, 0.05) is 48.2 Å². The standard InChI is InChI=1S/C30H31BrN6O2/c1-36-26-12-11-21(18-25(26)35-27(36)13-8-19-6-9-20(10-7-19)28(32)33)30(39)37-16-14-22(15-17-37)34-29(38)23-4-2-3-5-24(23)31/h2-7,9-12,18,22H,8,13-17H2,1H3,(H3,32,33)(H,34,38). The minimum atomic E-state index is -0.100. The molecule has 3 aromatic carbocycles. The molecule has 0 atom stereocenters. The number of hydrogen-bond acceptors (Lipinski definition) is 4. The lowest BCUT2D eigenvalue weighted by Gasteiger charge is -2.32. The van der Waals surface area contributed by atoms with Crippen LogP contribution < -0.4 is 11.1 Å². The summed E-state index contributed by atoms with van der Waals surface area (Å²) >= 11 is 3.43. The highest BCUT2D eigenvalue weighted by molar-refractivity contribution is 9.10. The van der Waals surface area contributed by atoms with Gasteiger partial charge in [-0.15, -0.1) is 0 Å². The second kappa shape index (κ2) is 11.4. The molecular formula is C30H31BrN6O2. The van der Waals surface area contributed by atoms with Crippen LogP contribution in [0.1, 0.15) is 50.5 Å². The quantitative estimate of drug-likeness (QED) is 0.219. The van der Waals surface area contributed by atoms with E-state index in [2.05, 4.69) is 25.8 Å². The zero-order valence-electron chi connectivity index (χ0n) is 21.8. The number of fused-ring (bicyclic) bond motifs is 1. The molecule has 2 amide bonds. The second-order valence-corrected chi connectivity index (χ2v) is 10.8. The fraction of sp³-hybridized carbons (Fsp3) is 0.267. The Morgan fingerprint density at radius 2 is 1.72 bits per heavy atom. The van der Waals surface area contributed by atoms with Crippen LogP contribution in [0.4, 0.5) is 0 Å². The highest BCUT2D eigenvalue weighted by Gasteiger charge is 2.26. The molecule has 1 saturated heterocycles. The lowest BCUT2D eigenvalue weighted by molar-refractivity contribution is 0.0698. The summed E-state index contributed by atoms with van der Waals surface area (Å²) in [6.45, 7) is 1.18. The molecule has 0 radical (unpaired) electrons. The van der Waals surface area contributed by atoms with Crippen molar-refractivity contribution in [2.24, 2.45) is 12.8 Å². The van der Waals surface area contributed by atoms with Gasteiger partial charge >= 0.3 is 0 Å². The summed E-state index contributed by atoms with van der Waals surface area (Å²) in [4.78, 5) is 32.6. The van der Waals surface area contributed by atoms with Crippen molar-refractivity contribution < 1.29 is 9.59 Å². The van der Waals surface area contributed by atoms with E-state index in [0.29, 0.717) is 42.6 Å². The van der Waals surface area contributed by atoms with Crippen LogP contribution in [0.25, 0.3) is 11.0 Å². The van der Waals surface area contributed by atoms with Crippen molar-refractivity contribution in [1.29, 1.82) is 5.41 Å². The van der Waals surface area contributed by atoms with Crippen molar-refractivity contribution >= 4 is 44.6 Å². The average Bonchev–Trinajstić information content (AvgIpc) is 3.26. The van der Waals surface area contributed by atoms with Gasteiger partial charge in [-0.1, -0.05) is 36.4 Å². The largest absolute Gasteiger partial charge is 0.384 e. The summed E-state index contributed by atoms with van der Waals surface area (Å²) in [6.07, 6.45) is 3.00. The number of carbonyl (C=O) groups is 2. The molecule has 5 rings (SSSR count). The van der Waals surface area contributed by atoms with E-state index in [9.17, 15) is 9.59 Å². The monoisotopic (exact) mass is 586 g/mol. The van der Waals surface area contributed by atoms with E-state index in [0.717, 1.165) is 39.7 Å². The third kappa shape index (κ3) is 5.88. The number of nitrogens with two attached hydrogens (primary N) is 1. The first-order valence-corrected chi connectivity index (χ1v) is 13.8. The number of nitrogen functional groups attached to an aromatic ring is 1. The van der Waals surface area contributed by atoms with Gasteiger partial charge in [-0.2, -0.15) is 0 Å². The van der Waals surface area contributed by atoms with Crippen molar-refractivity contribution in [3.63, 3.8) is 0 Å². The van der Waals surface area contributed by atoms with E-state index in [1.165, 1.54) is 0 Å². The van der Waals surface area contributed by atoms with E-state index in [1.54, 1.807) is 6.07 Å². The van der Waals surface area contributed by atoms with Crippen molar-refractivity contribution in [3.05, 3.63) is 99.3 Å². The van der Waals surface area contributed by atoms with Gasteiger partial charge < -0.3 is 20.5 Å². The number of hydrogen-bond donors (Lipinski definition) is 3. The zero-order valence-corrected chi connectivity index (χ0v) is 23.4. The zero-order chi connectivity index (χ0) is 27.5. The Morgan fingerprint density at radius 3 is 2.41 bits per heavy atom. The molecule has 2 heterocycles. The molecule has 0 unspecified atom stereocenters. The van der Waals surface area contributed by atoms with Crippen LogP contribution in [0.3, 0.4) is 0 Å². The van der Waals surface area contributed by atoms with E-state index in [4.69, 9.17) is 16.1 Å².